The second kappa shape index (κ2) is 20.6. The summed E-state index contributed by atoms with van der Waals surface area (Å²) < 4.78 is 0. The van der Waals surface area contributed by atoms with Crippen LogP contribution in [0.15, 0.2) is 170 Å². The number of benzene rings is 4. The quantitative estimate of drug-likeness (QED) is 0.161. The first kappa shape index (κ1) is 39.6. The maximum absolute atomic E-state index is 5.06. The van der Waals surface area contributed by atoms with Crippen LogP contribution in [0.2, 0.25) is 0 Å². The first-order chi connectivity index (χ1) is 24.7. The molecule has 0 saturated heterocycles. The minimum atomic E-state index is 0. The van der Waals surface area contributed by atoms with Gasteiger partial charge in [-0.25, -0.2) is 0 Å². The maximum atomic E-state index is 5.06. The van der Waals surface area contributed by atoms with Crippen LogP contribution < -0.4 is 0 Å². The zero-order valence-electron chi connectivity index (χ0n) is 28.6. The van der Waals surface area contributed by atoms with Crippen molar-refractivity contribution in [2.45, 2.75) is 13.8 Å². The van der Waals surface area contributed by atoms with Crippen LogP contribution in [-0.2, 0) is 42.1 Å². The van der Waals surface area contributed by atoms with E-state index in [1.165, 1.54) is 0 Å². The van der Waals surface area contributed by atoms with Gasteiger partial charge in [-0.2, -0.15) is 72.8 Å². The van der Waals surface area contributed by atoms with Gasteiger partial charge in [-0.3, -0.25) is 19.9 Å². The van der Waals surface area contributed by atoms with Crippen LogP contribution in [0, 0.1) is 38.1 Å². The van der Waals surface area contributed by atoms with Crippen molar-refractivity contribution in [1.29, 1.82) is 0 Å². The molecule has 0 fully saturated rings. The minimum absolute atomic E-state index is 0. The molecule has 0 saturated carbocycles. The molecule has 0 radical (unpaired) electrons. The number of hydrogen-bond donors (Lipinski definition) is 0. The first-order valence-electron chi connectivity index (χ1n) is 16.3. The van der Waals surface area contributed by atoms with Crippen LogP contribution in [0.4, 0.5) is 0 Å². The second-order valence-corrected chi connectivity index (χ2v) is 11.2. The van der Waals surface area contributed by atoms with E-state index in [9.17, 15) is 0 Å². The molecule has 4 heterocycles. The van der Waals surface area contributed by atoms with Gasteiger partial charge in [-0.05, 0) is 71.8 Å². The standard InChI is InChI=1S/C34H24N4.2C6H5.2Pt/c1-23-27(21-31(25-13-5-3-6-14-25)37-33(23)29-17-9-11-19-35-29)28-22-32(26-15-7-4-8-16-26)38-34(24(28)2)30-18-10-12-20-36-30;2*1-2-4-6-5-3-1;;/h3-13,15,17-22H,1-2H3;2*1-5H;;/q-2;2*-1;2*+2. The number of pyridine rings is 4. The Balaban J connectivity index is 0.000000367. The molecular weight excluding hydrogens is 999 g/mol. The van der Waals surface area contributed by atoms with Crippen LogP contribution in [0.1, 0.15) is 11.1 Å². The third kappa shape index (κ3) is 10.5. The van der Waals surface area contributed by atoms with E-state index in [4.69, 9.17) is 9.97 Å². The molecule has 8 aromatic rings. The molecule has 258 valence electrons. The van der Waals surface area contributed by atoms with Crippen molar-refractivity contribution in [3.05, 3.63) is 206 Å². The Morgan fingerprint density at radius 2 is 0.788 bits per heavy atom. The molecule has 0 amide bonds. The van der Waals surface area contributed by atoms with Crippen LogP contribution >= 0.6 is 0 Å². The Labute approximate surface area is 335 Å². The fourth-order valence-corrected chi connectivity index (χ4v) is 5.35. The Morgan fingerprint density at radius 3 is 1.08 bits per heavy atom. The summed E-state index contributed by atoms with van der Waals surface area (Å²) in [7, 11) is 0. The largest absolute Gasteiger partial charge is 2.00 e. The van der Waals surface area contributed by atoms with E-state index < -0.39 is 0 Å². The maximum Gasteiger partial charge on any atom is 2.00 e. The smallest absolute Gasteiger partial charge is 0.294 e. The average Bonchev–Trinajstić information content (AvgIpc) is 3.21. The van der Waals surface area contributed by atoms with Crippen molar-refractivity contribution in [2.75, 3.05) is 0 Å². The predicted octanol–water partition coefficient (Wildman–Crippen LogP) is 10.8. The van der Waals surface area contributed by atoms with Crippen LogP contribution in [0.5, 0.6) is 0 Å². The van der Waals surface area contributed by atoms with E-state index in [0.29, 0.717) is 0 Å². The molecule has 0 spiro atoms. The van der Waals surface area contributed by atoms with Gasteiger partial charge in [0, 0.05) is 12.4 Å². The summed E-state index contributed by atoms with van der Waals surface area (Å²) in [5.41, 5.74) is 11.1. The summed E-state index contributed by atoms with van der Waals surface area (Å²) in [5, 5.41) is 0. The van der Waals surface area contributed by atoms with Crippen molar-refractivity contribution in [3.8, 4) is 56.4 Å². The van der Waals surface area contributed by atoms with Gasteiger partial charge < -0.3 is 0 Å². The summed E-state index contributed by atoms with van der Waals surface area (Å²) in [5.74, 6) is 0. The minimum Gasteiger partial charge on any atom is -0.294 e. The third-order valence-corrected chi connectivity index (χ3v) is 7.83. The molecule has 4 nitrogen and oxygen atoms in total. The molecule has 0 aliphatic rings. The van der Waals surface area contributed by atoms with Gasteiger partial charge >= 0.3 is 42.1 Å². The van der Waals surface area contributed by atoms with Gasteiger partial charge in [-0.1, -0.05) is 24.3 Å². The summed E-state index contributed by atoms with van der Waals surface area (Å²) in [6.45, 7) is 4.22. The number of rotatable bonds is 5. The SMILES string of the molecule is Cc1c(-c2cc(-c3[c-]cccc3)nc(-c3ccccn3)c2C)cc(-c2[c-]cccc2)nc1-c1ccccn1.[Pt+2].[Pt+2].[c-]1ccccc1.[c-]1ccccc1. The zero-order chi connectivity index (χ0) is 34.4. The van der Waals surface area contributed by atoms with E-state index in [1.807, 2.05) is 146 Å². The monoisotopic (exact) mass is 1030 g/mol. The summed E-state index contributed by atoms with van der Waals surface area (Å²) in [6, 6.07) is 63.6. The van der Waals surface area contributed by atoms with Gasteiger partial charge in [0.05, 0.1) is 22.8 Å². The summed E-state index contributed by atoms with van der Waals surface area (Å²) >= 11 is 0. The van der Waals surface area contributed by atoms with E-state index in [-0.39, 0.29) is 42.1 Å². The molecule has 0 N–H and O–H groups in total. The van der Waals surface area contributed by atoms with Gasteiger partial charge in [0.25, 0.3) is 0 Å². The third-order valence-electron chi connectivity index (χ3n) is 7.83. The van der Waals surface area contributed by atoms with E-state index in [1.54, 1.807) is 12.4 Å². The second-order valence-electron chi connectivity index (χ2n) is 11.2. The van der Waals surface area contributed by atoms with Crippen LogP contribution in [-0.4, -0.2) is 19.9 Å². The molecule has 0 bridgehead atoms. The molecule has 4 aromatic carbocycles. The van der Waals surface area contributed by atoms with Crippen molar-refractivity contribution in [1.82, 2.24) is 19.9 Å². The zero-order valence-corrected chi connectivity index (χ0v) is 33.1. The van der Waals surface area contributed by atoms with Crippen molar-refractivity contribution >= 4 is 0 Å². The molecule has 0 aliphatic heterocycles. The van der Waals surface area contributed by atoms with Crippen molar-refractivity contribution < 1.29 is 42.1 Å². The Hall–Kier alpha value is -5.14. The molecular formula is C46H34N4Pt2. The van der Waals surface area contributed by atoms with E-state index in [0.717, 1.165) is 67.5 Å². The fourth-order valence-electron chi connectivity index (χ4n) is 5.35. The van der Waals surface area contributed by atoms with Crippen molar-refractivity contribution in [2.24, 2.45) is 0 Å². The van der Waals surface area contributed by atoms with E-state index >= 15 is 0 Å². The topological polar surface area (TPSA) is 51.6 Å². The van der Waals surface area contributed by atoms with Gasteiger partial charge in [0.1, 0.15) is 0 Å². The summed E-state index contributed by atoms with van der Waals surface area (Å²) in [6.07, 6.45) is 3.61. The number of aromatic nitrogens is 4. The Morgan fingerprint density at radius 1 is 0.404 bits per heavy atom. The van der Waals surface area contributed by atoms with Gasteiger partial charge in [0.2, 0.25) is 0 Å². The Kier molecular flexibility index (Phi) is 15.7. The van der Waals surface area contributed by atoms with E-state index in [2.05, 4.69) is 60.2 Å². The first-order valence-corrected chi connectivity index (χ1v) is 16.3. The summed E-state index contributed by atoms with van der Waals surface area (Å²) in [4.78, 5) is 19.4. The number of nitrogens with zero attached hydrogens (tertiary/aromatic N) is 4. The molecule has 0 unspecified atom stereocenters. The molecule has 4 aromatic heterocycles. The van der Waals surface area contributed by atoms with Crippen LogP contribution in [0.25, 0.3) is 56.4 Å². The van der Waals surface area contributed by atoms with Crippen molar-refractivity contribution in [3.63, 3.8) is 0 Å². The molecule has 8 rings (SSSR count). The Bertz CT molecular complexity index is 1990. The normalized spacial score (nSPS) is 9.81. The predicted molar refractivity (Wildman–Crippen MR) is 203 cm³/mol. The fraction of sp³-hybridized carbons (Fsp3) is 0.0435. The number of hydrogen-bond acceptors (Lipinski definition) is 4. The molecule has 0 aliphatic carbocycles. The molecule has 52 heavy (non-hydrogen) atoms. The molecule has 6 heteroatoms. The van der Waals surface area contributed by atoms with Gasteiger partial charge in [0.15, 0.2) is 0 Å². The van der Waals surface area contributed by atoms with Crippen LogP contribution in [0.3, 0.4) is 0 Å². The molecule has 0 atom stereocenters. The average molecular weight is 1030 g/mol. The van der Waals surface area contributed by atoms with Gasteiger partial charge in [-0.15, -0.1) is 71.8 Å².